The highest BCUT2D eigenvalue weighted by Gasteiger charge is 2.35. The minimum absolute atomic E-state index is 0.256. The molecular formula is C37H78N2O7P+. The molecule has 0 aromatic carbocycles. The lowest BCUT2D eigenvalue weighted by Gasteiger charge is -2.29. The number of phosphoric acid groups is 1. The predicted molar refractivity (Wildman–Crippen MR) is 195 cm³/mol. The van der Waals surface area contributed by atoms with Gasteiger partial charge in [-0.2, -0.15) is 4.65 Å². The van der Waals surface area contributed by atoms with Crippen LogP contribution in [0.15, 0.2) is 0 Å². The maximum atomic E-state index is 12.8. The second kappa shape index (κ2) is 30.3. The van der Waals surface area contributed by atoms with Gasteiger partial charge in [-0.15, -0.1) is 0 Å². The van der Waals surface area contributed by atoms with Crippen molar-refractivity contribution in [2.75, 3.05) is 27.7 Å². The zero-order valence-corrected chi connectivity index (χ0v) is 32.3. The first kappa shape index (κ1) is 46.5. The number of amides is 1. The number of carbonyl (C=O) groups is 1. The number of aliphatic hydroxyl groups is 2. The third-order valence-corrected chi connectivity index (χ3v) is 9.95. The molecule has 0 fully saturated rings. The Hall–Kier alpha value is -0.540. The molecule has 0 bridgehead atoms. The second-order valence-corrected chi connectivity index (χ2v) is 16.0. The van der Waals surface area contributed by atoms with Crippen molar-refractivity contribution in [1.82, 2.24) is 5.32 Å². The number of carbonyl (C=O) groups excluding carboxylic acids is 1. The topological polar surface area (TPSA) is 125 Å². The van der Waals surface area contributed by atoms with Crippen LogP contribution >= 0.6 is 7.82 Å². The zero-order valence-electron chi connectivity index (χ0n) is 31.4. The molecule has 0 saturated heterocycles. The molecule has 0 aliphatic rings. The van der Waals surface area contributed by atoms with Crippen molar-refractivity contribution in [2.24, 2.45) is 0 Å². The van der Waals surface area contributed by atoms with Crippen LogP contribution in [0.25, 0.3) is 0 Å². The van der Waals surface area contributed by atoms with Crippen molar-refractivity contribution < 1.29 is 38.3 Å². The minimum Gasteiger partial charge on any atom is -0.390 e. The number of hydroxylamine groups is 3. The lowest BCUT2D eigenvalue weighted by molar-refractivity contribution is -1.04. The lowest BCUT2D eigenvalue weighted by Crippen LogP contribution is -2.51. The Kier molecular flexibility index (Phi) is 29.9. The molecule has 0 saturated carbocycles. The van der Waals surface area contributed by atoms with E-state index >= 15 is 0 Å². The summed E-state index contributed by atoms with van der Waals surface area (Å²) in [5, 5.41) is 24.5. The Bertz CT molecular complexity index is 765. The van der Waals surface area contributed by atoms with Gasteiger partial charge in [0.2, 0.25) is 5.91 Å². The summed E-state index contributed by atoms with van der Waals surface area (Å²) < 4.78 is 22.5. The van der Waals surface area contributed by atoms with E-state index in [1.165, 1.54) is 122 Å². The van der Waals surface area contributed by atoms with E-state index < -0.39 is 32.7 Å². The Labute approximate surface area is 290 Å². The van der Waals surface area contributed by atoms with E-state index in [1.54, 1.807) is 21.1 Å². The molecule has 0 rings (SSSR count). The summed E-state index contributed by atoms with van der Waals surface area (Å²) in [6.07, 6.45) is 28.6. The fourth-order valence-corrected chi connectivity index (χ4v) is 6.96. The van der Waals surface area contributed by atoms with Crippen LogP contribution in [-0.2, 0) is 18.5 Å². The summed E-state index contributed by atoms with van der Waals surface area (Å²) in [5.74, 6) is -0.265. The first-order valence-corrected chi connectivity index (χ1v) is 21.1. The van der Waals surface area contributed by atoms with E-state index in [0.717, 1.165) is 38.5 Å². The van der Waals surface area contributed by atoms with Crippen molar-refractivity contribution in [3.8, 4) is 0 Å². The molecule has 0 heterocycles. The fourth-order valence-electron chi connectivity index (χ4n) is 5.95. The fraction of sp³-hybridized carbons (Fsp3) is 0.973. The molecule has 0 aliphatic heterocycles. The maximum absolute atomic E-state index is 12.8. The van der Waals surface area contributed by atoms with Gasteiger partial charge in [0.1, 0.15) is 6.10 Å². The second-order valence-electron chi connectivity index (χ2n) is 14.6. The van der Waals surface area contributed by atoms with Gasteiger partial charge in [0.25, 0.3) is 0 Å². The molecule has 0 aromatic rings. The quantitative estimate of drug-likeness (QED) is 0.0226. The van der Waals surface area contributed by atoms with Crippen molar-refractivity contribution in [3.05, 3.63) is 0 Å². The van der Waals surface area contributed by atoms with E-state index in [4.69, 9.17) is 9.15 Å². The highest BCUT2D eigenvalue weighted by atomic mass is 31.2. The molecule has 4 N–H and O–H groups in total. The van der Waals surface area contributed by atoms with E-state index in [9.17, 15) is 24.5 Å². The van der Waals surface area contributed by atoms with Gasteiger partial charge in [-0.05, 0) is 12.8 Å². The number of nitrogens with one attached hydrogen (secondary N) is 1. The molecule has 0 aromatic heterocycles. The molecule has 0 aliphatic carbocycles. The number of phosphoric ester groups is 1. The molecule has 1 amide bonds. The summed E-state index contributed by atoms with van der Waals surface area (Å²) in [6.45, 7) is 4.04. The number of nitrogens with zero attached hydrogens (tertiary/aromatic N) is 1. The van der Waals surface area contributed by atoms with Crippen molar-refractivity contribution in [3.63, 3.8) is 0 Å². The zero-order chi connectivity index (χ0) is 35.2. The Balaban J connectivity index is 4.48. The van der Waals surface area contributed by atoms with Gasteiger partial charge in [0.05, 0.1) is 39.9 Å². The van der Waals surface area contributed by atoms with E-state index in [1.807, 2.05) is 0 Å². The van der Waals surface area contributed by atoms with Crippen LogP contribution in [0, 0.1) is 0 Å². The molecule has 282 valence electrons. The van der Waals surface area contributed by atoms with Crippen LogP contribution in [0.1, 0.15) is 187 Å². The van der Waals surface area contributed by atoms with Crippen LogP contribution in [-0.4, -0.2) is 71.7 Å². The molecule has 47 heavy (non-hydrogen) atoms. The summed E-state index contributed by atoms with van der Waals surface area (Å²) in [7, 11) is 0.279. The first-order chi connectivity index (χ1) is 22.4. The molecular weight excluding hydrogens is 615 g/mol. The van der Waals surface area contributed by atoms with Crippen LogP contribution in [0.3, 0.4) is 0 Å². The van der Waals surface area contributed by atoms with Gasteiger partial charge >= 0.3 is 7.82 Å². The summed E-state index contributed by atoms with van der Waals surface area (Å²) in [4.78, 5) is 22.9. The van der Waals surface area contributed by atoms with Crippen molar-refractivity contribution in [1.29, 1.82) is 0 Å². The monoisotopic (exact) mass is 694 g/mol. The van der Waals surface area contributed by atoms with Gasteiger partial charge in [-0.25, -0.2) is 4.57 Å². The number of unbranched alkanes of at least 4 members (excludes halogenated alkanes) is 23. The van der Waals surface area contributed by atoms with Crippen LogP contribution < -0.4 is 5.32 Å². The van der Waals surface area contributed by atoms with Gasteiger partial charge in [0, 0.05) is 6.42 Å². The largest absolute Gasteiger partial charge is 0.518 e. The van der Waals surface area contributed by atoms with Gasteiger partial charge in [0.15, 0.2) is 0 Å². The first-order valence-electron chi connectivity index (χ1n) is 19.6. The third-order valence-electron chi connectivity index (χ3n) is 8.78. The lowest BCUT2D eigenvalue weighted by atomic mass is 9.99. The predicted octanol–water partition coefficient (Wildman–Crippen LogP) is 9.52. The smallest absolute Gasteiger partial charge is 0.390 e. The Morgan fingerprint density at radius 1 is 0.638 bits per heavy atom. The maximum Gasteiger partial charge on any atom is 0.518 e. The van der Waals surface area contributed by atoms with E-state index in [0.29, 0.717) is 12.8 Å². The normalized spacial score (nSPS) is 15.3. The van der Waals surface area contributed by atoms with Crippen LogP contribution in [0.2, 0.25) is 0 Å². The summed E-state index contributed by atoms with van der Waals surface area (Å²) in [6, 6.07) is -1.03. The minimum atomic E-state index is -4.45. The number of hydrogen-bond acceptors (Lipinski definition) is 6. The number of hydrogen-bond donors (Lipinski definition) is 4. The Morgan fingerprint density at radius 2 is 1.00 bits per heavy atom. The van der Waals surface area contributed by atoms with Crippen LogP contribution in [0.4, 0.5) is 0 Å². The number of quaternary nitrogens is 1. The van der Waals surface area contributed by atoms with Gasteiger partial charge < -0.3 is 15.5 Å². The molecule has 4 atom stereocenters. The summed E-state index contributed by atoms with van der Waals surface area (Å²) in [5.41, 5.74) is 0. The third kappa shape index (κ3) is 31.2. The number of aliphatic hydroxyl groups excluding tert-OH is 2. The SMILES string of the molecule is CCCCCCCCCCCCCCCC(=O)N[C@@H](COP(=O)(O)O[N+](C)(C)C)[C@H](O)[C@@H](O)CCCCCCCCCCCCCC. The van der Waals surface area contributed by atoms with Crippen molar-refractivity contribution in [2.45, 2.75) is 205 Å². The highest BCUT2D eigenvalue weighted by molar-refractivity contribution is 7.47. The molecule has 9 nitrogen and oxygen atoms in total. The molecule has 10 heteroatoms. The van der Waals surface area contributed by atoms with Crippen LogP contribution in [0.5, 0.6) is 0 Å². The Morgan fingerprint density at radius 3 is 1.38 bits per heavy atom. The van der Waals surface area contributed by atoms with Crippen molar-refractivity contribution >= 4 is 13.7 Å². The molecule has 0 radical (unpaired) electrons. The molecule has 0 spiro atoms. The highest BCUT2D eigenvalue weighted by Crippen LogP contribution is 2.45. The number of rotatable bonds is 35. The average Bonchev–Trinajstić information content (AvgIpc) is 3.00. The summed E-state index contributed by atoms with van der Waals surface area (Å²) >= 11 is 0. The van der Waals surface area contributed by atoms with Gasteiger partial charge in [-0.1, -0.05) is 173 Å². The van der Waals surface area contributed by atoms with E-state index in [2.05, 4.69) is 19.2 Å². The molecule has 1 unspecified atom stereocenters. The van der Waals surface area contributed by atoms with Gasteiger partial charge in [-0.3, -0.25) is 14.2 Å². The van der Waals surface area contributed by atoms with E-state index in [-0.39, 0.29) is 10.6 Å². The standard InChI is InChI=1S/C37H77N2O7P/c1-6-8-10-12-14-16-18-20-22-24-26-28-30-32-36(41)38-34(33-45-47(43,44)46-39(3,4)5)37(42)35(40)31-29-27-25-23-21-19-17-15-13-11-9-7-2/h34-35,37,40,42H,6-33H2,1-5H3,(H-,38,41,43,44)/p+1/t34-,35-,37-/m0/s1. The average molecular weight is 694 g/mol.